The van der Waals surface area contributed by atoms with Crippen molar-refractivity contribution in [2.75, 3.05) is 0 Å². The molecule has 0 amide bonds. The Labute approximate surface area is 116 Å². The zero-order valence-electron chi connectivity index (χ0n) is 9.17. The molecule has 0 heterocycles. The Morgan fingerprint density at radius 2 is 1.71 bits per heavy atom. The van der Waals surface area contributed by atoms with Crippen molar-refractivity contribution in [2.45, 2.75) is 4.90 Å². The summed E-state index contributed by atoms with van der Waals surface area (Å²) in [5.41, 5.74) is 0. The minimum Gasteiger partial charge on any atom is -0.388 e. The lowest BCUT2D eigenvalue weighted by atomic mass is 10.1. The maximum atomic E-state index is 11.8. The highest BCUT2D eigenvalue weighted by molar-refractivity contribution is 7.87. The summed E-state index contributed by atoms with van der Waals surface area (Å²) in [4.78, 5) is 0.158. The van der Waals surface area contributed by atoms with Gasteiger partial charge in [0.1, 0.15) is 4.90 Å². The monoisotopic (exact) mass is 258 g/mol. The van der Waals surface area contributed by atoms with Gasteiger partial charge in [0, 0.05) is 28.4 Å². The van der Waals surface area contributed by atoms with Crippen molar-refractivity contribution in [3.63, 3.8) is 0 Å². The third kappa shape index (κ3) is 2.80. The van der Waals surface area contributed by atoms with E-state index in [-0.39, 0.29) is 27.9 Å². The summed E-state index contributed by atoms with van der Waals surface area (Å²) in [7, 11) is -3.75. The van der Waals surface area contributed by atoms with Gasteiger partial charge in [-0.1, -0.05) is 43.0 Å². The van der Waals surface area contributed by atoms with Gasteiger partial charge in [0.15, 0.2) is 0 Å². The molecule has 2 aromatic rings. The van der Waals surface area contributed by atoms with Crippen molar-refractivity contribution in [1.29, 1.82) is 0 Å². The fourth-order valence-corrected chi connectivity index (χ4v) is 2.54. The summed E-state index contributed by atoms with van der Waals surface area (Å²) in [6.07, 6.45) is 0.914. The fourth-order valence-electron chi connectivity index (χ4n) is 1.56. The summed E-state index contributed by atoms with van der Waals surface area (Å²) in [6.45, 7) is 3.25. The van der Waals surface area contributed by atoms with Gasteiger partial charge in [-0.25, -0.2) is 0 Å². The van der Waals surface area contributed by atoms with Crippen LogP contribution in [0.2, 0.25) is 0 Å². The Kier molecular flexibility index (Phi) is 4.56. The molecule has 0 atom stereocenters. The van der Waals surface area contributed by atoms with Crippen molar-refractivity contribution < 1.29 is 12.6 Å². The van der Waals surface area contributed by atoms with Crippen molar-refractivity contribution in [2.24, 2.45) is 0 Å². The first kappa shape index (κ1) is 14.0. The molecule has 17 heavy (non-hydrogen) atoms. The largest absolute Gasteiger partial charge is 0.388 e. The molecule has 5 heteroatoms. The minimum absolute atomic E-state index is 0. The average Bonchev–Trinajstić information content (AvgIpc) is 2.28. The van der Waals surface area contributed by atoms with Gasteiger partial charge in [-0.15, -0.1) is 0 Å². The molecule has 3 nitrogen and oxygen atoms in total. The number of benzene rings is 2. The summed E-state index contributed by atoms with van der Waals surface area (Å²) in [6, 6.07) is 12.3. The zero-order valence-corrected chi connectivity index (χ0v) is 11.4. The molecule has 0 aliphatic heterocycles. The van der Waals surface area contributed by atoms with E-state index >= 15 is 0 Å². The molecular formula is C12H10MgO3S. The van der Waals surface area contributed by atoms with Gasteiger partial charge < -0.3 is 4.18 Å². The quantitative estimate of drug-likeness (QED) is 0.482. The van der Waals surface area contributed by atoms with E-state index < -0.39 is 10.1 Å². The highest BCUT2D eigenvalue weighted by atomic mass is 32.2. The van der Waals surface area contributed by atoms with Crippen LogP contribution in [0.3, 0.4) is 0 Å². The Morgan fingerprint density at radius 1 is 1.06 bits per heavy atom. The number of hydrogen-bond donors (Lipinski definition) is 0. The summed E-state index contributed by atoms with van der Waals surface area (Å²) in [5.74, 6) is 0. The van der Waals surface area contributed by atoms with Crippen LogP contribution in [0.25, 0.3) is 10.8 Å². The van der Waals surface area contributed by atoms with E-state index in [1.165, 1.54) is 6.07 Å². The van der Waals surface area contributed by atoms with E-state index in [9.17, 15) is 8.42 Å². The molecule has 2 rings (SSSR count). The normalized spacial score (nSPS) is 10.6. The SMILES string of the molecule is C=COS(=O)(=O)c1cccc2ccccc12.[Mg]. The molecule has 2 aromatic carbocycles. The van der Waals surface area contributed by atoms with Gasteiger partial charge in [-0.2, -0.15) is 8.42 Å². The van der Waals surface area contributed by atoms with Gasteiger partial charge in [0.25, 0.3) is 0 Å². The molecule has 0 saturated carbocycles. The van der Waals surface area contributed by atoms with E-state index in [0.717, 1.165) is 11.6 Å². The second-order valence-electron chi connectivity index (χ2n) is 3.19. The third-order valence-corrected chi connectivity index (χ3v) is 3.50. The van der Waals surface area contributed by atoms with E-state index in [4.69, 9.17) is 0 Å². The first-order valence-electron chi connectivity index (χ1n) is 4.67. The standard InChI is InChI=1S/C12H10O3S.Mg/c1-2-15-16(13,14)12-9-5-7-10-6-3-4-8-11(10)12;/h2-9H,1H2;. The van der Waals surface area contributed by atoms with Crippen LogP contribution < -0.4 is 0 Å². The predicted molar refractivity (Wildman–Crippen MR) is 68.2 cm³/mol. The summed E-state index contributed by atoms with van der Waals surface area (Å²) >= 11 is 0. The van der Waals surface area contributed by atoms with Gasteiger partial charge in [-0.3, -0.25) is 0 Å². The average molecular weight is 259 g/mol. The van der Waals surface area contributed by atoms with Crippen LogP contribution in [0.15, 0.2) is 60.2 Å². The van der Waals surface area contributed by atoms with Gasteiger partial charge in [0.05, 0.1) is 6.26 Å². The van der Waals surface area contributed by atoms with Crippen LogP contribution in [-0.4, -0.2) is 31.5 Å². The highest BCUT2D eigenvalue weighted by Crippen LogP contribution is 2.24. The lowest BCUT2D eigenvalue weighted by molar-refractivity contribution is 0.445. The Morgan fingerprint density at radius 3 is 2.41 bits per heavy atom. The van der Waals surface area contributed by atoms with E-state index in [0.29, 0.717) is 5.39 Å². The van der Waals surface area contributed by atoms with Crippen molar-refractivity contribution in [3.8, 4) is 0 Å². The number of rotatable bonds is 3. The molecule has 0 saturated heterocycles. The second kappa shape index (κ2) is 5.53. The Bertz CT molecular complexity index is 630. The summed E-state index contributed by atoms with van der Waals surface area (Å²) < 4.78 is 28.1. The van der Waals surface area contributed by atoms with Crippen LogP contribution in [0.5, 0.6) is 0 Å². The molecule has 0 aliphatic carbocycles. The molecule has 2 radical (unpaired) electrons. The van der Waals surface area contributed by atoms with E-state index in [1.54, 1.807) is 18.2 Å². The first-order valence-corrected chi connectivity index (χ1v) is 6.08. The van der Waals surface area contributed by atoms with Gasteiger partial charge in [-0.05, 0) is 11.5 Å². The summed E-state index contributed by atoms with van der Waals surface area (Å²) in [5, 5.41) is 1.50. The number of hydrogen-bond acceptors (Lipinski definition) is 3. The smallest absolute Gasteiger partial charge is 0.339 e. The molecule has 0 unspecified atom stereocenters. The zero-order chi connectivity index (χ0) is 11.6. The second-order valence-corrected chi connectivity index (χ2v) is 4.73. The van der Waals surface area contributed by atoms with Gasteiger partial charge >= 0.3 is 10.1 Å². The molecule has 0 aromatic heterocycles. The van der Waals surface area contributed by atoms with Crippen molar-refractivity contribution in [3.05, 3.63) is 55.3 Å². The Hall–Kier alpha value is -1.04. The van der Waals surface area contributed by atoms with E-state index in [2.05, 4.69) is 10.8 Å². The van der Waals surface area contributed by atoms with Crippen LogP contribution in [0.4, 0.5) is 0 Å². The lowest BCUT2D eigenvalue weighted by Gasteiger charge is -2.06. The minimum atomic E-state index is -3.75. The molecule has 0 spiro atoms. The van der Waals surface area contributed by atoms with E-state index in [1.807, 2.05) is 18.2 Å². The molecular weight excluding hydrogens is 249 g/mol. The fraction of sp³-hybridized carbons (Fsp3) is 0. The van der Waals surface area contributed by atoms with Crippen molar-refractivity contribution in [1.82, 2.24) is 0 Å². The third-order valence-electron chi connectivity index (χ3n) is 2.21. The van der Waals surface area contributed by atoms with Crippen LogP contribution >= 0.6 is 0 Å². The Balaban J connectivity index is 0.00000144. The first-order chi connectivity index (χ1) is 7.65. The predicted octanol–water partition coefficient (Wildman–Crippen LogP) is 2.31. The molecule has 0 bridgehead atoms. The molecule has 0 N–H and O–H groups in total. The van der Waals surface area contributed by atoms with Crippen LogP contribution in [-0.2, 0) is 14.3 Å². The molecule has 84 valence electrons. The highest BCUT2D eigenvalue weighted by Gasteiger charge is 2.16. The number of fused-ring (bicyclic) bond motifs is 1. The topological polar surface area (TPSA) is 43.4 Å². The van der Waals surface area contributed by atoms with Gasteiger partial charge in [0.2, 0.25) is 0 Å². The molecule has 0 aliphatic rings. The van der Waals surface area contributed by atoms with Crippen molar-refractivity contribution >= 4 is 43.9 Å². The maximum Gasteiger partial charge on any atom is 0.339 e. The molecule has 0 fully saturated rings. The lowest BCUT2D eigenvalue weighted by Crippen LogP contribution is -2.02. The van der Waals surface area contributed by atoms with Crippen LogP contribution in [0, 0.1) is 0 Å². The maximum absolute atomic E-state index is 11.8. The van der Waals surface area contributed by atoms with Crippen LogP contribution in [0.1, 0.15) is 0 Å².